The summed E-state index contributed by atoms with van der Waals surface area (Å²) in [4.78, 5) is 7.78. The Morgan fingerprint density at radius 2 is 2.12 bits per heavy atom. The second-order valence-corrected chi connectivity index (χ2v) is 3.67. The fourth-order valence-corrected chi connectivity index (χ4v) is 1.23. The Labute approximate surface area is 101 Å². The van der Waals surface area contributed by atoms with Crippen molar-refractivity contribution in [1.29, 1.82) is 0 Å². The number of hydrogen-bond acceptors (Lipinski definition) is 4. The maximum absolute atomic E-state index is 12.0. The number of anilines is 1. The molecule has 0 amide bonds. The highest BCUT2D eigenvalue weighted by atomic mass is 35.5. The Morgan fingerprint density at radius 3 is 2.65 bits per heavy atom. The molecule has 0 radical (unpaired) electrons. The zero-order valence-electron chi connectivity index (χ0n) is 8.92. The van der Waals surface area contributed by atoms with Crippen molar-refractivity contribution < 1.29 is 18.3 Å². The smallest absolute Gasteiger partial charge is 0.382 e. The van der Waals surface area contributed by atoms with Gasteiger partial charge in [-0.2, -0.15) is 13.2 Å². The van der Waals surface area contributed by atoms with Crippen LogP contribution in [0.2, 0.25) is 5.15 Å². The molecule has 8 heteroatoms. The third-order valence-corrected chi connectivity index (χ3v) is 2.11. The lowest BCUT2D eigenvalue weighted by atomic mass is 10.3. The van der Waals surface area contributed by atoms with Gasteiger partial charge in [0.25, 0.3) is 0 Å². The van der Waals surface area contributed by atoms with E-state index in [1.54, 1.807) is 6.92 Å². The highest BCUT2D eigenvalue weighted by molar-refractivity contribution is 6.29. The summed E-state index contributed by atoms with van der Waals surface area (Å²) in [6, 6.07) is 1.30. The fourth-order valence-electron chi connectivity index (χ4n) is 1.03. The van der Waals surface area contributed by atoms with E-state index in [0.717, 1.165) is 0 Å². The van der Waals surface area contributed by atoms with E-state index in [-0.39, 0.29) is 11.0 Å². The third kappa shape index (κ3) is 4.35. The van der Waals surface area contributed by atoms with Gasteiger partial charge in [0.15, 0.2) is 6.10 Å². The number of nitrogens with zero attached hydrogens (tertiary/aromatic N) is 2. The third-order valence-electron chi connectivity index (χ3n) is 1.91. The number of halogens is 4. The first kappa shape index (κ1) is 14.0. The second-order valence-electron chi connectivity index (χ2n) is 3.28. The summed E-state index contributed by atoms with van der Waals surface area (Å²) in [5, 5.41) is 11.3. The van der Waals surface area contributed by atoms with Crippen LogP contribution in [0.1, 0.15) is 12.7 Å². The molecule has 2 N–H and O–H groups in total. The van der Waals surface area contributed by atoms with Gasteiger partial charge in [-0.3, -0.25) is 0 Å². The van der Waals surface area contributed by atoms with Crippen LogP contribution >= 0.6 is 11.6 Å². The number of aliphatic hydroxyl groups is 1. The van der Waals surface area contributed by atoms with E-state index in [0.29, 0.717) is 12.2 Å². The highest BCUT2D eigenvalue weighted by Crippen LogP contribution is 2.20. The highest BCUT2D eigenvalue weighted by Gasteiger charge is 2.37. The standard InChI is InChI=1S/C9H11ClF3N3O/c1-2-7-15-6(10)3-8(16-7)14-4-5(17)9(11,12)13/h3,5,17H,2,4H2,1H3,(H,14,15,16). The molecule has 0 saturated heterocycles. The number of aryl methyl sites for hydroxylation is 1. The molecule has 1 atom stereocenters. The van der Waals surface area contributed by atoms with Gasteiger partial charge in [0.2, 0.25) is 0 Å². The molecule has 4 nitrogen and oxygen atoms in total. The van der Waals surface area contributed by atoms with Gasteiger partial charge in [-0.1, -0.05) is 18.5 Å². The number of aliphatic hydroxyl groups excluding tert-OH is 1. The predicted octanol–water partition coefficient (Wildman–Crippen LogP) is 2.03. The van der Waals surface area contributed by atoms with Crippen molar-refractivity contribution in [2.24, 2.45) is 0 Å². The maximum Gasteiger partial charge on any atom is 0.416 e. The van der Waals surface area contributed by atoms with Gasteiger partial charge in [-0.15, -0.1) is 0 Å². The van der Waals surface area contributed by atoms with Crippen molar-refractivity contribution >= 4 is 17.4 Å². The lowest BCUT2D eigenvalue weighted by Gasteiger charge is -2.15. The van der Waals surface area contributed by atoms with Gasteiger partial charge in [-0.25, -0.2) is 9.97 Å². The minimum atomic E-state index is -4.66. The van der Waals surface area contributed by atoms with Gasteiger partial charge in [0, 0.05) is 12.5 Å². The molecular weight excluding hydrogens is 259 g/mol. The molecule has 1 aromatic heterocycles. The van der Waals surface area contributed by atoms with Crippen LogP contribution in [0.25, 0.3) is 0 Å². The summed E-state index contributed by atoms with van der Waals surface area (Å²) in [5.41, 5.74) is 0. The average Bonchev–Trinajstić information content (AvgIpc) is 2.23. The van der Waals surface area contributed by atoms with Crippen LogP contribution in [-0.2, 0) is 6.42 Å². The molecule has 0 aliphatic heterocycles. The maximum atomic E-state index is 12.0. The van der Waals surface area contributed by atoms with E-state index < -0.39 is 18.8 Å². The van der Waals surface area contributed by atoms with Crippen molar-refractivity contribution in [3.05, 3.63) is 17.0 Å². The van der Waals surface area contributed by atoms with Crippen molar-refractivity contribution in [2.75, 3.05) is 11.9 Å². The molecule has 1 unspecified atom stereocenters. The normalized spacial score (nSPS) is 13.5. The minimum absolute atomic E-state index is 0.140. The zero-order chi connectivity index (χ0) is 13.1. The molecule has 0 aliphatic rings. The molecule has 0 fully saturated rings. The van der Waals surface area contributed by atoms with E-state index in [1.807, 2.05) is 0 Å². The number of alkyl halides is 3. The zero-order valence-corrected chi connectivity index (χ0v) is 9.68. The Kier molecular flexibility index (Phi) is 4.53. The van der Waals surface area contributed by atoms with Crippen LogP contribution in [0.3, 0.4) is 0 Å². The quantitative estimate of drug-likeness (QED) is 0.821. The first-order valence-electron chi connectivity index (χ1n) is 4.85. The fraction of sp³-hybridized carbons (Fsp3) is 0.556. The van der Waals surface area contributed by atoms with Crippen molar-refractivity contribution in [1.82, 2.24) is 9.97 Å². The summed E-state index contributed by atoms with van der Waals surface area (Å²) < 4.78 is 36.1. The number of rotatable bonds is 4. The van der Waals surface area contributed by atoms with Crippen LogP contribution in [0.15, 0.2) is 6.07 Å². The molecule has 96 valence electrons. The molecule has 1 rings (SSSR count). The number of hydrogen-bond donors (Lipinski definition) is 2. The molecule has 17 heavy (non-hydrogen) atoms. The SMILES string of the molecule is CCc1nc(Cl)cc(NCC(O)C(F)(F)F)n1. The van der Waals surface area contributed by atoms with Crippen LogP contribution in [0, 0.1) is 0 Å². The van der Waals surface area contributed by atoms with Gasteiger partial charge < -0.3 is 10.4 Å². The second kappa shape index (κ2) is 5.50. The van der Waals surface area contributed by atoms with Gasteiger partial charge >= 0.3 is 6.18 Å². The Bertz CT molecular complexity index is 386. The molecular formula is C9H11ClF3N3O. The first-order chi connectivity index (χ1) is 7.82. The van der Waals surface area contributed by atoms with E-state index in [2.05, 4.69) is 15.3 Å². The van der Waals surface area contributed by atoms with Gasteiger partial charge in [-0.05, 0) is 0 Å². The van der Waals surface area contributed by atoms with E-state index in [1.165, 1.54) is 6.07 Å². The lowest BCUT2D eigenvalue weighted by Crippen LogP contribution is -2.35. The molecule has 0 aliphatic carbocycles. The first-order valence-corrected chi connectivity index (χ1v) is 5.23. The monoisotopic (exact) mass is 269 g/mol. The van der Waals surface area contributed by atoms with Crippen molar-refractivity contribution in [3.63, 3.8) is 0 Å². The topological polar surface area (TPSA) is 58.0 Å². The van der Waals surface area contributed by atoms with Crippen LogP contribution in [-0.4, -0.2) is 33.9 Å². The van der Waals surface area contributed by atoms with E-state index in [9.17, 15) is 13.2 Å². The van der Waals surface area contributed by atoms with Gasteiger partial charge in [0.05, 0.1) is 6.54 Å². The predicted molar refractivity (Wildman–Crippen MR) is 57.0 cm³/mol. The largest absolute Gasteiger partial charge is 0.416 e. The lowest BCUT2D eigenvalue weighted by molar-refractivity contribution is -0.198. The number of nitrogens with one attached hydrogen (secondary N) is 1. The summed E-state index contributed by atoms with van der Waals surface area (Å²) >= 11 is 5.66. The molecule has 1 heterocycles. The Balaban J connectivity index is 2.66. The molecule has 1 aromatic rings. The minimum Gasteiger partial charge on any atom is -0.382 e. The molecule has 0 spiro atoms. The molecule has 0 aromatic carbocycles. The summed E-state index contributed by atoms with van der Waals surface area (Å²) in [6.07, 6.45) is -6.59. The van der Waals surface area contributed by atoms with Crippen LogP contribution in [0.5, 0.6) is 0 Å². The van der Waals surface area contributed by atoms with Crippen LogP contribution in [0.4, 0.5) is 19.0 Å². The van der Waals surface area contributed by atoms with Crippen molar-refractivity contribution in [2.45, 2.75) is 25.6 Å². The summed E-state index contributed by atoms with van der Waals surface area (Å²) in [5.74, 6) is 0.576. The Morgan fingerprint density at radius 1 is 1.47 bits per heavy atom. The van der Waals surface area contributed by atoms with Crippen molar-refractivity contribution in [3.8, 4) is 0 Å². The van der Waals surface area contributed by atoms with E-state index in [4.69, 9.17) is 16.7 Å². The molecule has 0 bridgehead atoms. The van der Waals surface area contributed by atoms with Gasteiger partial charge in [0.1, 0.15) is 16.8 Å². The van der Waals surface area contributed by atoms with Crippen LogP contribution < -0.4 is 5.32 Å². The molecule has 0 saturated carbocycles. The number of aromatic nitrogens is 2. The average molecular weight is 270 g/mol. The Hall–Kier alpha value is -1.08. The summed E-state index contributed by atoms with van der Waals surface area (Å²) in [7, 11) is 0. The summed E-state index contributed by atoms with van der Waals surface area (Å²) in [6.45, 7) is 1.11. The van der Waals surface area contributed by atoms with E-state index >= 15 is 0 Å².